The van der Waals surface area contributed by atoms with Crippen molar-refractivity contribution in [3.8, 4) is 0 Å². The Morgan fingerprint density at radius 1 is 0.203 bits per heavy atom. The fourth-order valence-corrected chi connectivity index (χ4v) is 11.3. The molecule has 5 unspecified atom stereocenters. The normalized spacial score (nSPS) is 29.9. The van der Waals surface area contributed by atoms with Gasteiger partial charge in [0.05, 0.1) is 105 Å². The second-order valence-corrected chi connectivity index (χ2v) is 23.5. The van der Waals surface area contributed by atoms with Crippen LogP contribution >= 0.6 is 78.2 Å². The smallest absolute Gasteiger partial charge is 0.121 e. The first-order valence-electron chi connectivity index (χ1n) is 16.3. The largest absolute Gasteiger partial charge is 0.790 e. The molecular formula is C16H20O43P10-20. The molecule has 412 valence electrons. The molecule has 2 aliphatic rings. The molecule has 53 heteroatoms. The maximum Gasteiger partial charge on any atom is 0.121 e. The molecule has 2 rings (SSSR count). The Labute approximate surface area is 380 Å². The van der Waals surface area contributed by atoms with Gasteiger partial charge in [-0.05, 0) is 0 Å². The Morgan fingerprint density at radius 2 is 0.319 bits per heavy atom. The van der Waals surface area contributed by atoms with Crippen LogP contribution in [0.4, 0.5) is 0 Å². The standard InChI is InChI=1S/C16H40O43P10/c17-60(18,19)50-7-5(8(51-61(20,21)22)12(55-65(32,33)34)15(58-68(41,42)43)11(7)54-64(29,30)31)48-3-1-47-2-4-49-6-9(52-62(23,24)25)13(56-66(35,36)37)16(59-69(44,45)46)14(57-67(38,39)40)10(6)53-63(26,27)28/h5-16H,1-4H2,(H2,17,18,19)(H2,20,21,22)(H2,23,24,25)(H2,26,27,28)(H2,29,30,31)(H2,32,33,34)(H2,35,36,37)(H2,38,39,40)(H2,41,42,43)(H2,44,45,46)/p-20/t5?,6?,7-,8+,9-,10+,11+,12-,13+,14?,15?,16?/m0/s1. The quantitative estimate of drug-likeness (QED) is 0.0518. The molecular weight excluding hydrogens is 1190 g/mol. The molecule has 0 amide bonds. The van der Waals surface area contributed by atoms with Crippen LogP contribution in [0.5, 0.6) is 0 Å². The van der Waals surface area contributed by atoms with Gasteiger partial charge in [0.2, 0.25) is 0 Å². The first-order valence-corrected chi connectivity index (χ1v) is 30.9. The molecule has 2 saturated carbocycles. The van der Waals surface area contributed by atoms with Gasteiger partial charge in [-0.15, -0.1) is 0 Å². The van der Waals surface area contributed by atoms with E-state index in [-0.39, 0.29) is 0 Å². The molecule has 0 radical (unpaired) electrons. The van der Waals surface area contributed by atoms with Gasteiger partial charge in [0.15, 0.2) is 0 Å². The van der Waals surface area contributed by atoms with Crippen molar-refractivity contribution in [3.63, 3.8) is 0 Å². The van der Waals surface area contributed by atoms with Gasteiger partial charge in [-0.25, -0.2) is 0 Å². The zero-order chi connectivity index (χ0) is 53.9. The summed E-state index contributed by atoms with van der Waals surface area (Å²) in [5.41, 5.74) is 0. The molecule has 0 N–H and O–H groups in total. The molecule has 2 aliphatic carbocycles. The fraction of sp³-hybridized carbons (Fsp3) is 1.00. The summed E-state index contributed by atoms with van der Waals surface area (Å²) in [4.78, 5) is 232. The highest BCUT2D eigenvalue weighted by molar-refractivity contribution is 7.45. The van der Waals surface area contributed by atoms with Gasteiger partial charge >= 0.3 is 0 Å². The van der Waals surface area contributed by atoms with Crippen molar-refractivity contribution in [1.29, 1.82) is 0 Å². The first-order chi connectivity index (χ1) is 30.4. The van der Waals surface area contributed by atoms with Crippen molar-refractivity contribution in [1.82, 2.24) is 0 Å². The van der Waals surface area contributed by atoms with Crippen molar-refractivity contribution in [2.24, 2.45) is 0 Å². The molecule has 0 spiro atoms. The van der Waals surface area contributed by atoms with E-state index in [2.05, 4.69) is 45.2 Å². The molecule has 0 bridgehead atoms. The average Bonchev–Trinajstić information content (AvgIpc) is 3.03. The van der Waals surface area contributed by atoms with E-state index >= 15 is 0 Å². The fourth-order valence-electron chi connectivity index (χ4n) is 5.90. The van der Waals surface area contributed by atoms with E-state index in [0.29, 0.717) is 0 Å². The van der Waals surface area contributed by atoms with Gasteiger partial charge in [0, 0.05) is 0 Å². The van der Waals surface area contributed by atoms with E-state index in [4.69, 9.17) is 14.2 Å². The predicted octanol–water partition coefficient (Wildman–Crippen LogP) is -18.1. The lowest BCUT2D eigenvalue weighted by Gasteiger charge is -2.56. The zero-order valence-corrected chi connectivity index (χ0v) is 40.7. The Balaban J connectivity index is 2.65. The maximum absolute atomic E-state index is 11.7. The van der Waals surface area contributed by atoms with E-state index in [1.807, 2.05) is 0 Å². The molecule has 2 fully saturated rings. The molecule has 0 heterocycles. The summed E-state index contributed by atoms with van der Waals surface area (Å²) in [5.74, 6) is 0. The zero-order valence-electron chi connectivity index (χ0n) is 31.8. The number of phosphoric acid groups is 10. The lowest BCUT2D eigenvalue weighted by atomic mass is 9.85. The van der Waals surface area contributed by atoms with Crippen LogP contribution in [0.25, 0.3) is 0 Å². The minimum Gasteiger partial charge on any atom is -0.790 e. The van der Waals surface area contributed by atoms with Crippen LogP contribution in [-0.4, -0.2) is 99.7 Å². The lowest BCUT2D eigenvalue weighted by Crippen LogP contribution is -2.68. The third kappa shape index (κ3) is 26.1. The highest BCUT2D eigenvalue weighted by atomic mass is 31.2. The number of phosphoric ester groups is 10. The van der Waals surface area contributed by atoms with Gasteiger partial charge < -0.3 is 203 Å². The van der Waals surface area contributed by atoms with Crippen LogP contribution in [0.15, 0.2) is 0 Å². The number of rotatable bonds is 28. The minimum absolute atomic E-state index is 1.31. The van der Waals surface area contributed by atoms with Gasteiger partial charge in [-0.1, -0.05) is 0 Å². The lowest BCUT2D eigenvalue weighted by molar-refractivity contribution is -0.385. The minimum atomic E-state index is -6.85. The number of hydrogen-bond donors (Lipinski definition) is 0. The third-order valence-corrected chi connectivity index (χ3v) is 12.5. The molecule has 0 aromatic carbocycles. The van der Waals surface area contributed by atoms with Crippen molar-refractivity contribution in [2.45, 2.75) is 73.2 Å². The van der Waals surface area contributed by atoms with Crippen LogP contribution in [0.1, 0.15) is 0 Å². The number of hydrogen-bond acceptors (Lipinski definition) is 43. The molecule has 0 aliphatic heterocycles. The maximum atomic E-state index is 11.7. The Morgan fingerprint density at radius 3 is 0.435 bits per heavy atom. The molecule has 69 heavy (non-hydrogen) atoms. The van der Waals surface area contributed by atoms with E-state index in [1.165, 1.54) is 0 Å². The van der Waals surface area contributed by atoms with Crippen LogP contribution in [-0.2, 0) is 105 Å². The first kappa shape index (κ1) is 66.1. The van der Waals surface area contributed by atoms with Crippen molar-refractivity contribution < 1.29 is 203 Å². The van der Waals surface area contributed by atoms with Crippen LogP contribution in [0, 0.1) is 0 Å². The van der Waals surface area contributed by atoms with Crippen LogP contribution in [0.3, 0.4) is 0 Å². The molecule has 43 nitrogen and oxygen atoms in total. The van der Waals surface area contributed by atoms with E-state index in [0.717, 1.165) is 0 Å². The molecule has 12 atom stereocenters. The van der Waals surface area contributed by atoms with Crippen molar-refractivity contribution >= 4 is 78.2 Å². The summed E-state index contributed by atoms with van der Waals surface area (Å²) in [6.07, 6.45) is -42.1. The highest BCUT2D eigenvalue weighted by Gasteiger charge is 2.58. The molecule has 0 aromatic heterocycles. The predicted molar refractivity (Wildman–Crippen MR) is 155 cm³/mol. The third-order valence-electron chi connectivity index (χ3n) is 7.47. The summed E-state index contributed by atoms with van der Waals surface area (Å²) < 4.78 is 170. The van der Waals surface area contributed by atoms with Crippen molar-refractivity contribution in [2.75, 3.05) is 26.4 Å². The highest BCUT2D eigenvalue weighted by Crippen LogP contribution is 2.52. The molecule has 0 saturated heterocycles. The summed E-state index contributed by atoms with van der Waals surface area (Å²) in [5, 5.41) is 0. The summed E-state index contributed by atoms with van der Waals surface area (Å²) in [7, 11) is -68.4. The Kier molecular flexibility index (Phi) is 23.5. The summed E-state index contributed by atoms with van der Waals surface area (Å²) in [6.45, 7) is -5.64. The van der Waals surface area contributed by atoms with Crippen molar-refractivity contribution in [3.05, 3.63) is 0 Å². The van der Waals surface area contributed by atoms with E-state index < -0.39 is 178 Å². The Bertz CT molecular complexity index is 1920. The number of ether oxygens (including phenoxy) is 3. The average molecular weight is 1210 g/mol. The summed E-state index contributed by atoms with van der Waals surface area (Å²) in [6, 6.07) is 0. The summed E-state index contributed by atoms with van der Waals surface area (Å²) >= 11 is 0. The monoisotopic (exact) mass is 1210 g/mol. The van der Waals surface area contributed by atoms with Gasteiger partial charge in [-0.2, -0.15) is 0 Å². The SMILES string of the molecule is O=P([O-])([O-])OC1C(OP(=O)([O-])[O-])[C@H](OP(=O)([O-])[O-])[C@@H](OP(=O)([O-])[O-])C(OCCOCCOC2[C@@H](OP(=O)([O-])[O-])[C@H](OP(=O)([O-])[O-])C(OP(=O)([O-])[O-])[C@H](OP(=O)([O-])[O-])[C@H]2OP(=O)([O-])[O-])[C@H]1OP(=O)([O-])[O-]. The van der Waals surface area contributed by atoms with E-state index in [9.17, 15) is 144 Å². The van der Waals surface area contributed by atoms with Crippen LogP contribution in [0.2, 0.25) is 0 Å². The molecule has 0 aromatic rings. The van der Waals surface area contributed by atoms with Gasteiger partial charge in [0.25, 0.3) is 0 Å². The Hall–Kier alpha value is 0.980. The van der Waals surface area contributed by atoms with Gasteiger partial charge in [-0.3, -0.25) is 0 Å². The topological polar surface area (TPSA) is 752 Å². The van der Waals surface area contributed by atoms with E-state index in [1.54, 1.807) is 0 Å². The van der Waals surface area contributed by atoms with Crippen LogP contribution < -0.4 is 97.9 Å². The van der Waals surface area contributed by atoms with Gasteiger partial charge in [0.1, 0.15) is 73.2 Å². The second kappa shape index (κ2) is 24.5. The second-order valence-electron chi connectivity index (χ2n) is 12.5.